The lowest BCUT2D eigenvalue weighted by Gasteiger charge is -2.17. The molecule has 6 heterocycles. The van der Waals surface area contributed by atoms with Crippen LogP contribution < -0.4 is 28.4 Å². The highest BCUT2D eigenvalue weighted by atomic mass is 16.7. The summed E-state index contributed by atoms with van der Waals surface area (Å²) in [5.74, 6) is -4.57. The molecule has 674 valence electrons. The number of benzene rings is 8. The minimum atomic E-state index is -0.695. The highest BCUT2D eigenvalue weighted by Crippen LogP contribution is 2.37. The second kappa shape index (κ2) is 43.6. The van der Waals surface area contributed by atoms with Crippen molar-refractivity contribution in [2.75, 3.05) is 53.2 Å². The smallest absolute Gasteiger partial charge is 0.338 e. The highest BCUT2D eigenvalue weighted by molar-refractivity contribution is 5.95. The molecule has 0 bridgehead atoms. The lowest BCUT2D eigenvalue weighted by atomic mass is 10.0. The molecule has 0 aromatic heterocycles. The second-order valence-corrected chi connectivity index (χ2v) is 30.4. The number of hydrogen-bond donors (Lipinski definition) is 0. The van der Waals surface area contributed by atoms with Gasteiger partial charge < -0.3 is 94.7 Å². The van der Waals surface area contributed by atoms with Crippen molar-refractivity contribution in [3.63, 3.8) is 0 Å². The summed E-state index contributed by atoms with van der Waals surface area (Å²) >= 11 is 0. The lowest BCUT2D eigenvalue weighted by Crippen LogP contribution is -2.36. The van der Waals surface area contributed by atoms with Crippen molar-refractivity contribution in [1.29, 1.82) is 0 Å². The number of fused-ring (bicyclic) bond motifs is 3. The lowest BCUT2D eigenvalue weighted by molar-refractivity contribution is -0.146. The van der Waals surface area contributed by atoms with Gasteiger partial charge in [0.05, 0.1) is 73.0 Å². The number of carbonyl (C=O) groups is 12. The summed E-state index contributed by atoms with van der Waals surface area (Å²) in [5, 5.41) is 0. The van der Waals surface area contributed by atoms with Gasteiger partial charge in [-0.2, -0.15) is 0 Å². The van der Waals surface area contributed by atoms with Crippen LogP contribution in [0.4, 0.5) is 0 Å². The van der Waals surface area contributed by atoms with E-state index in [2.05, 4.69) is 39.5 Å². The molecule has 8 aromatic carbocycles. The number of carbonyl (C=O) groups excluding carboxylic acids is 12. The fourth-order valence-corrected chi connectivity index (χ4v) is 13.2. The Hall–Kier alpha value is -14.8. The molecule has 0 amide bonds. The summed E-state index contributed by atoms with van der Waals surface area (Å²) in [4.78, 5) is 146. The van der Waals surface area contributed by atoms with E-state index in [4.69, 9.17) is 94.7 Å². The molecule has 6 aliphatic rings. The Labute approximate surface area is 745 Å². The Balaban J connectivity index is 0.000000178. The van der Waals surface area contributed by atoms with Crippen LogP contribution in [0.1, 0.15) is 104 Å². The predicted molar refractivity (Wildman–Crippen MR) is 458 cm³/mol. The zero-order chi connectivity index (χ0) is 93.0. The van der Waals surface area contributed by atoms with Crippen molar-refractivity contribution in [3.8, 4) is 56.8 Å². The van der Waals surface area contributed by atoms with Gasteiger partial charge in [-0.25, -0.2) is 57.5 Å². The van der Waals surface area contributed by atoms with Crippen molar-refractivity contribution in [2.24, 2.45) is 0 Å². The Kier molecular flexibility index (Phi) is 31.6. The van der Waals surface area contributed by atoms with Crippen molar-refractivity contribution >= 4 is 71.6 Å². The monoisotopic (exact) mass is 1780 g/mol. The number of hydrogen-bond acceptors (Lipinski definition) is 32. The molecule has 6 saturated heterocycles. The van der Waals surface area contributed by atoms with Crippen LogP contribution >= 0.6 is 0 Å². The average Bonchev–Trinajstić information content (AvgIpc) is 1.64. The minimum absolute atomic E-state index is 0.0756. The topological polar surface area (TPSA) is 389 Å². The summed E-state index contributed by atoms with van der Waals surface area (Å²) < 4.78 is 110. The fourth-order valence-electron chi connectivity index (χ4n) is 13.2. The summed E-state index contributed by atoms with van der Waals surface area (Å²) in [5.41, 5.74) is 6.86. The van der Waals surface area contributed by atoms with Crippen LogP contribution in [0.5, 0.6) is 34.5 Å². The maximum absolute atomic E-state index is 13.0. The van der Waals surface area contributed by atoms with Gasteiger partial charge in [-0.15, -0.1) is 0 Å². The molecule has 12 atom stereocenters. The first kappa shape index (κ1) is 94.3. The second-order valence-electron chi connectivity index (χ2n) is 30.4. The highest BCUT2D eigenvalue weighted by Gasteiger charge is 2.54. The molecule has 0 radical (unpaired) electrons. The Morgan fingerprint density at radius 3 is 0.562 bits per heavy atom. The van der Waals surface area contributed by atoms with E-state index in [1.807, 2.05) is 24.3 Å². The van der Waals surface area contributed by atoms with Crippen molar-refractivity contribution in [1.82, 2.24) is 0 Å². The molecule has 14 rings (SSSR count). The molecule has 0 N–H and O–H groups in total. The van der Waals surface area contributed by atoms with Crippen LogP contribution in [-0.2, 0) is 95.1 Å². The average molecular weight is 1780 g/mol. The molecule has 0 saturated carbocycles. The van der Waals surface area contributed by atoms with E-state index in [1.165, 1.54) is 125 Å². The molecule has 130 heavy (non-hydrogen) atoms. The predicted octanol–water partition coefficient (Wildman–Crippen LogP) is 12.9. The van der Waals surface area contributed by atoms with Gasteiger partial charge in [-0.1, -0.05) is 88.0 Å². The molecule has 32 nitrogen and oxygen atoms in total. The SMILES string of the molecule is C=C(C)C(=O)OCOc1ccc(C(=O)O[C@H]2CO[C@H]3[C@@H]2OC[C@H]3OC(=O)c2ccc(OCOC(=O)C(=C)C)cc2)cc1.C=C(C)C(=O)Oc1ccc(-c2ccc(C(=O)O[C@H]3CO[C@H]4[C@@H]3OC[C@H]4OC(=O)c3ccc(-c4ccc(OC(=O)C(=C)C)cc4)cc3)cc2)cc1.C=C(C)C(=O)Oc1ccc(C(=O)O[C@H]2CO[C@H]3[C@@H]2OC[C@H]3OC(=O)c2ccc(OC(=O)C(=C)C)cc2)cc1. The van der Waals surface area contributed by atoms with E-state index in [0.29, 0.717) is 45.3 Å². The molecule has 32 heteroatoms. The maximum atomic E-state index is 13.0. The number of esters is 12. The van der Waals surface area contributed by atoms with Crippen LogP contribution in [0.2, 0.25) is 0 Å². The van der Waals surface area contributed by atoms with Gasteiger partial charge in [-0.05, 0) is 209 Å². The zero-order valence-electron chi connectivity index (χ0n) is 71.4. The normalized spacial score (nSPS) is 20.3. The quantitative estimate of drug-likeness (QED) is 0.0133. The largest absolute Gasteiger partial charge is 0.457 e. The summed E-state index contributed by atoms with van der Waals surface area (Å²) in [6.07, 6.45) is -7.67. The third kappa shape index (κ3) is 24.9. The Morgan fingerprint density at radius 2 is 0.385 bits per heavy atom. The molecular formula is C98H90O32. The van der Waals surface area contributed by atoms with Crippen LogP contribution in [0, 0.1) is 0 Å². The van der Waals surface area contributed by atoms with E-state index in [1.54, 1.807) is 86.6 Å². The van der Waals surface area contributed by atoms with Crippen LogP contribution in [0.15, 0.2) is 267 Å². The van der Waals surface area contributed by atoms with Crippen molar-refractivity contribution < 1.29 is 152 Å². The van der Waals surface area contributed by atoms with Gasteiger partial charge in [0.25, 0.3) is 0 Å². The fraction of sp³-hybridized carbons (Fsp3) is 0.265. The summed E-state index contributed by atoms with van der Waals surface area (Å²) in [6, 6.07) is 51.9. The molecule has 6 aliphatic heterocycles. The Bertz CT molecular complexity index is 5260. The first-order chi connectivity index (χ1) is 62.3. The van der Waals surface area contributed by atoms with Gasteiger partial charge in [0.1, 0.15) is 71.1 Å². The molecule has 0 spiro atoms. The molecule has 0 unspecified atom stereocenters. The Morgan fingerprint density at radius 1 is 0.231 bits per heavy atom. The van der Waals surface area contributed by atoms with Gasteiger partial charge in [0.15, 0.2) is 36.6 Å². The van der Waals surface area contributed by atoms with Crippen LogP contribution in [0.3, 0.4) is 0 Å². The third-order valence-electron chi connectivity index (χ3n) is 20.2. The first-order valence-electron chi connectivity index (χ1n) is 40.5. The van der Waals surface area contributed by atoms with Gasteiger partial charge in [0, 0.05) is 33.4 Å². The molecule has 8 aromatic rings. The number of ether oxygens (including phenoxy) is 20. The summed E-state index contributed by atoms with van der Waals surface area (Å²) in [6.45, 7) is 30.3. The van der Waals surface area contributed by atoms with Crippen molar-refractivity contribution in [2.45, 2.75) is 115 Å². The third-order valence-corrected chi connectivity index (χ3v) is 20.2. The molecular weight excluding hydrogens is 1690 g/mol. The summed E-state index contributed by atoms with van der Waals surface area (Å²) in [7, 11) is 0. The number of rotatable bonds is 30. The van der Waals surface area contributed by atoms with E-state index >= 15 is 0 Å². The van der Waals surface area contributed by atoms with E-state index in [-0.39, 0.29) is 109 Å². The van der Waals surface area contributed by atoms with Gasteiger partial charge >= 0.3 is 71.6 Å². The minimum Gasteiger partial charge on any atom is -0.457 e. The van der Waals surface area contributed by atoms with E-state index in [0.717, 1.165) is 22.3 Å². The maximum Gasteiger partial charge on any atom is 0.338 e. The van der Waals surface area contributed by atoms with E-state index < -0.39 is 145 Å². The van der Waals surface area contributed by atoms with Crippen molar-refractivity contribution in [3.05, 3.63) is 300 Å². The van der Waals surface area contributed by atoms with Gasteiger partial charge in [-0.3, -0.25) is 0 Å². The van der Waals surface area contributed by atoms with Crippen LogP contribution in [-0.4, -0.2) is 198 Å². The zero-order valence-corrected chi connectivity index (χ0v) is 71.4. The first-order valence-corrected chi connectivity index (χ1v) is 40.5. The molecule has 6 fully saturated rings. The van der Waals surface area contributed by atoms with Gasteiger partial charge in [0.2, 0.25) is 13.6 Å². The van der Waals surface area contributed by atoms with Crippen LogP contribution in [0.25, 0.3) is 22.3 Å². The molecule has 0 aliphatic carbocycles. The standard InChI is InChI=1S/C40H34O10.C30H30O12.C28H26O10/c1-23(2)37(41)47-31-17-13-27(14-18-31)25-5-9-29(10-6-25)39(43)49-33-21-45-36-34(22-46-35(33)36)50-40(44)30-11-7-26(8-12-30)28-15-19-32(20-16-28)48-38(42)24(3)4;1-17(2)27(31)39-15-37-21-9-5-19(6-10-21)29(33)41-23-13-35-26-24(14-36-25(23)26)42-30(34)20-7-11-22(12-8-20)38-16-40-28(32)18(3)4;1-15(2)25(29)35-19-9-5-17(6-10-19)27(31)37-21-13-33-24-22(14-34-23(21)24)38-28(32)18-7-11-20(12-8-18)36-26(30)16(3)4/h5-20,33-36H,1,3,21-22H2,2,4H3;5-12,23-26H,1,3,13-16H2,2,4H3;5-12,21-24H,1,3,13-14H2,2,4H3/t33-,34+,35-,36-;23-,24+,25-,26-;21-,22+,23-,24-/m111/s1. The van der Waals surface area contributed by atoms with E-state index in [9.17, 15) is 57.5 Å².